The van der Waals surface area contributed by atoms with Crippen LogP contribution >= 0.6 is 0 Å². The summed E-state index contributed by atoms with van der Waals surface area (Å²) in [7, 11) is 0. The molecule has 0 bridgehead atoms. The van der Waals surface area contributed by atoms with E-state index in [9.17, 15) is 0 Å². The van der Waals surface area contributed by atoms with Crippen molar-refractivity contribution in [1.82, 2.24) is 0 Å². The van der Waals surface area contributed by atoms with Gasteiger partial charge in [-0.05, 0) is 29.7 Å². The Balaban J connectivity index is 0. The minimum absolute atomic E-state index is 0. The summed E-state index contributed by atoms with van der Waals surface area (Å²) >= 11 is 0. The molecular formula is C16H26. The van der Waals surface area contributed by atoms with Crippen molar-refractivity contribution >= 4 is 10.8 Å². The maximum atomic E-state index is 2.24. The molecule has 0 amide bonds. The first-order chi connectivity index (χ1) is 7.31. The van der Waals surface area contributed by atoms with E-state index in [1.54, 1.807) is 0 Å². The van der Waals surface area contributed by atoms with Crippen LogP contribution in [0.4, 0.5) is 0 Å². The van der Waals surface area contributed by atoms with Gasteiger partial charge in [0.1, 0.15) is 0 Å². The summed E-state index contributed by atoms with van der Waals surface area (Å²) in [6.45, 7) is 8.34. The van der Waals surface area contributed by atoms with Crippen molar-refractivity contribution in [1.29, 1.82) is 0 Å². The van der Waals surface area contributed by atoms with Gasteiger partial charge in [0.05, 0.1) is 0 Å². The van der Waals surface area contributed by atoms with Crippen molar-refractivity contribution in [2.45, 2.75) is 41.5 Å². The molecule has 0 N–H and O–H groups in total. The Hall–Kier alpha value is -1.30. The zero-order chi connectivity index (χ0) is 11.3. The molecule has 0 spiro atoms. The maximum Gasteiger partial charge on any atom is 0 e. The fraction of sp³-hybridized carbons (Fsp3) is 0.375. The zero-order valence-corrected chi connectivity index (χ0v) is 10.2. The van der Waals surface area contributed by atoms with Gasteiger partial charge < -0.3 is 0 Å². The van der Waals surface area contributed by atoms with Gasteiger partial charge in [-0.3, -0.25) is 0 Å². The lowest BCUT2D eigenvalue weighted by atomic mass is 10.0. The topological polar surface area (TPSA) is 0 Å². The van der Waals surface area contributed by atoms with Crippen LogP contribution in [-0.4, -0.2) is 0 Å². The third kappa shape index (κ3) is 3.10. The summed E-state index contributed by atoms with van der Waals surface area (Å²) in [5, 5.41) is 2.76. The molecule has 0 saturated heterocycles. The van der Waals surface area contributed by atoms with Crippen molar-refractivity contribution in [3.8, 4) is 0 Å². The summed E-state index contributed by atoms with van der Waals surface area (Å²) in [6.07, 6.45) is 1.11. The minimum Gasteiger partial charge on any atom is -0.0776 e. The van der Waals surface area contributed by atoms with Crippen LogP contribution in [0, 0.1) is 6.92 Å². The predicted molar refractivity (Wildman–Crippen MR) is 78.3 cm³/mol. The van der Waals surface area contributed by atoms with Gasteiger partial charge in [0.25, 0.3) is 0 Å². The molecule has 2 aromatic carbocycles. The molecule has 0 fully saturated rings. The van der Waals surface area contributed by atoms with Crippen LogP contribution in [0.5, 0.6) is 0 Å². The molecule has 16 heavy (non-hydrogen) atoms. The van der Waals surface area contributed by atoms with E-state index in [0.717, 1.165) is 6.42 Å². The second-order valence-corrected chi connectivity index (χ2v) is 3.50. The molecule has 0 saturated carbocycles. The lowest BCUT2D eigenvalue weighted by Gasteiger charge is -2.04. The number of aryl methyl sites for hydroxylation is 2. The van der Waals surface area contributed by atoms with Gasteiger partial charge in [-0.2, -0.15) is 0 Å². The lowest BCUT2D eigenvalue weighted by Crippen LogP contribution is -1.83. The van der Waals surface area contributed by atoms with E-state index in [1.807, 2.05) is 13.8 Å². The van der Waals surface area contributed by atoms with Gasteiger partial charge in [-0.25, -0.2) is 0 Å². The van der Waals surface area contributed by atoms with E-state index in [2.05, 4.69) is 50.2 Å². The van der Waals surface area contributed by atoms with Crippen LogP contribution in [0.3, 0.4) is 0 Å². The third-order valence-electron chi connectivity index (χ3n) is 2.51. The fourth-order valence-corrected chi connectivity index (χ4v) is 1.78. The van der Waals surface area contributed by atoms with E-state index < -0.39 is 0 Å². The highest BCUT2D eigenvalue weighted by atomic mass is 14.0. The van der Waals surface area contributed by atoms with Gasteiger partial charge in [0.2, 0.25) is 0 Å². The van der Waals surface area contributed by atoms with Crippen LogP contribution < -0.4 is 0 Å². The normalized spacial score (nSPS) is 9.00. The van der Waals surface area contributed by atoms with Gasteiger partial charge in [0, 0.05) is 1.43 Å². The van der Waals surface area contributed by atoms with E-state index in [0.29, 0.717) is 0 Å². The predicted octanol–water partition coefficient (Wildman–Crippen LogP) is 5.62. The molecular weight excluding hydrogens is 192 g/mol. The van der Waals surface area contributed by atoms with Crippen molar-refractivity contribution in [2.75, 3.05) is 0 Å². The van der Waals surface area contributed by atoms with Gasteiger partial charge in [-0.1, -0.05) is 70.2 Å². The Kier molecular flexibility index (Phi) is 6.48. The SMILES string of the molecule is C.CC.CCc1cccc2cc(C)ccc12.[HH]. The van der Waals surface area contributed by atoms with Gasteiger partial charge in [0.15, 0.2) is 0 Å². The molecule has 0 atom stereocenters. The first-order valence-corrected chi connectivity index (χ1v) is 5.79. The molecule has 2 rings (SSSR count). The Bertz CT molecular complexity index is 432. The Morgan fingerprint density at radius 2 is 1.75 bits per heavy atom. The molecule has 0 unspecified atom stereocenters. The van der Waals surface area contributed by atoms with E-state index >= 15 is 0 Å². The molecule has 0 heteroatoms. The van der Waals surface area contributed by atoms with Crippen LogP contribution in [0.1, 0.15) is 40.8 Å². The average Bonchev–Trinajstić information content (AvgIpc) is 2.30. The Morgan fingerprint density at radius 1 is 1.06 bits per heavy atom. The van der Waals surface area contributed by atoms with Crippen LogP contribution in [0.2, 0.25) is 0 Å². The minimum atomic E-state index is 0. The standard InChI is InChI=1S/C13H14.C2H6.CH4.H2/c1-3-11-5-4-6-12-9-10(2)7-8-13(11)12;1-2;;/h4-9H,3H2,1-2H3;1-2H3;1H4;1H. The fourth-order valence-electron chi connectivity index (χ4n) is 1.78. The Morgan fingerprint density at radius 3 is 2.38 bits per heavy atom. The monoisotopic (exact) mass is 218 g/mol. The van der Waals surface area contributed by atoms with Crippen LogP contribution in [0.15, 0.2) is 36.4 Å². The number of fused-ring (bicyclic) bond motifs is 1. The Labute approximate surface area is 102 Å². The number of benzene rings is 2. The number of rotatable bonds is 1. The van der Waals surface area contributed by atoms with E-state index in [4.69, 9.17) is 0 Å². The summed E-state index contributed by atoms with van der Waals surface area (Å²) in [4.78, 5) is 0. The highest BCUT2D eigenvalue weighted by Crippen LogP contribution is 2.20. The maximum absolute atomic E-state index is 2.24. The molecule has 0 aromatic heterocycles. The molecule has 0 aliphatic carbocycles. The van der Waals surface area contributed by atoms with Crippen molar-refractivity contribution in [2.24, 2.45) is 0 Å². The van der Waals surface area contributed by atoms with E-state index in [1.165, 1.54) is 21.9 Å². The molecule has 0 nitrogen and oxygen atoms in total. The molecule has 0 radical (unpaired) electrons. The molecule has 90 valence electrons. The highest BCUT2D eigenvalue weighted by Gasteiger charge is 1.97. The van der Waals surface area contributed by atoms with Crippen LogP contribution in [-0.2, 0) is 6.42 Å². The van der Waals surface area contributed by atoms with E-state index in [-0.39, 0.29) is 8.85 Å². The summed E-state index contributed by atoms with van der Waals surface area (Å²) < 4.78 is 0. The lowest BCUT2D eigenvalue weighted by molar-refractivity contribution is 1.16. The number of hydrogen-bond acceptors (Lipinski definition) is 0. The number of hydrogen-bond donors (Lipinski definition) is 0. The van der Waals surface area contributed by atoms with Gasteiger partial charge in [-0.15, -0.1) is 0 Å². The second kappa shape index (κ2) is 7.05. The third-order valence-corrected chi connectivity index (χ3v) is 2.51. The smallest absolute Gasteiger partial charge is 0 e. The first-order valence-electron chi connectivity index (χ1n) is 5.79. The second-order valence-electron chi connectivity index (χ2n) is 3.50. The van der Waals surface area contributed by atoms with Crippen molar-refractivity contribution in [3.63, 3.8) is 0 Å². The molecule has 2 aromatic rings. The van der Waals surface area contributed by atoms with Crippen molar-refractivity contribution < 1.29 is 1.43 Å². The molecule has 0 aliphatic heterocycles. The molecule has 0 aliphatic rings. The molecule has 0 heterocycles. The summed E-state index contributed by atoms with van der Waals surface area (Å²) in [5.41, 5.74) is 2.78. The largest absolute Gasteiger partial charge is 0.0776 e. The average molecular weight is 218 g/mol. The summed E-state index contributed by atoms with van der Waals surface area (Å²) in [6, 6.07) is 13.2. The highest BCUT2D eigenvalue weighted by molar-refractivity contribution is 5.86. The van der Waals surface area contributed by atoms with Crippen LogP contribution in [0.25, 0.3) is 10.8 Å². The quantitative estimate of drug-likeness (QED) is 0.583. The summed E-state index contributed by atoms with van der Waals surface area (Å²) in [5.74, 6) is 0. The first kappa shape index (κ1) is 14.7. The van der Waals surface area contributed by atoms with Gasteiger partial charge >= 0.3 is 0 Å². The van der Waals surface area contributed by atoms with Crippen molar-refractivity contribution in [3.05, 3.63) is 47.5 Å². The zero-order valence-electron chi connectivity index (χ0n) is 10.2.